The van der Waals surface area contributed by atoms with Gasteiger partial charge in [0, 0.05) is 31.3 Å². The molecule has 21 heavy (non-hydrogen) atoms. The van der Waals surface area contributed by atoms with Crippen LogP contribution in [-0.2, 0) is 4.74 Å². The Morgan fingerprint density at radius 2 is 2.10 bits per heavy atom. The van der Waals surface area contributed by atoms with Gasteiger partial charge in [0.2, 0.25) is 0 Å². The van der Waals surface area contributed by atoms with E-state index in [2.05, 4.69) is 31.0 Å². The van der Waals surface area contributed by atoms with Crippen molar-refractivity contribution in [2.24, 2.45) is 5.73 Å². The normalized spacial score (nSPS) is 19.5. The van der Waals surface area contributed by atoms with Crippen molar-refractivity contribution in [3.8, 4) is 5.75 Å². The molecular formula is C17H28N2O2. The zero-order valence-corrected chi connectivity index (χ0v) is 13.4. The molecule has 1 saturated heterocycles. The molecule has 1 aromatic rings. The van der Waals surface area contributed by atoms with E-state index in [1.54, 1.807) is 7.11 Å². The van der Waals surface area contributed by atoms with Gasteiger partial charge in [0.1, 0.15) is 5.75 Å². The molecule has 0 bridgehead atoms. The van der Waals surface area contributed by atoms with Crippen molar-refractivity contribution in [2.75, 3.05) is 27.4 Å². The van der Waals surface area contributed by atoms with Crippen LogP contribution >= 0.6 is 0 Å². The molecule has 0 aromatic heterocycles. The predicted molar refractivity (Wildman–Crippen MR) is 85.6 cm³/mol. The van der Waals surface area contributed by atoms with Crippen LogP contribution in [0.5, 0.6) is 5.75 Å². The SMILES string of the molecule is CCC(N)C(c1cccc(OC)c1)N(C)C1CCOCC1. The number of likely N-dealkylation sites (N-methyl/N-ethyl adjacent to an activating group) is 1. The standard InChI is InChI=1S/C17H28N2O2/c1-4-16(18)17(13-6-5-7-15(12-13)20-3)19(2)14-8-10-21-11-9-14/h5-7,12,14,16-17H,4,8-11,18H2,1-3H3. The first-order valence-corrected chi connectivity index (χ1v) is 7.86. The van der Waals surface area contributed by atoms with E-state index in [9.17, 15) is 0 Å². The Morgan fingerprint density at radius 3 is 2.71 bits per heavy atom. The van der Waals surface area contributed by atoms with Crippen LogP contribution in [0.4, 0.5) is 0 Å². The number of nitrogens with two attached hydrogens (primary N) is 1. The van der Waals surface area contributed by atoms with Crippen LogP contribution in [0.15, 0.2) is 24.3 Å². The summed E-state index contributed by atoms with van der Waals surface area (Å²) in [5.41, 5.74) is 7.67. The summed E-state index contributed by atoms with van der Waals surface area (Å²) in [5.74, 6) is 0.890. The highest BCUT2D eigenvalue weighted by atomic mass is 16.5. The summed E-state index contributed by atoms with van der Waals surface area (Å²) in [7, 11) is 3.89. The topological polar surface area (TPSA) is 47.7 Å². The van der Waals surface area contributed by atoms with Gasteiger partial charge in [0.25, 0.3) is 0 Å². The summed E-state index contributed by atoms with van der Waals surface area (Å²) in [5, 5.41) is 0. The van der Waals surface area contributed by atoms with E-state index in [4.69, 9.17) is 15.2 Å². The fourth-order valence-electron chi connectivity index (χ4n) is 3.15. The molecular weight excluding hydrogens is 264 g/mol. The summed E-state index contributed by atoms with van der Waals surface area (Å²) in [6.45, 7) is 3.85. The van der Waals surface area contributed by atoms with Gasteiger partial charge in [-0.3, -0.25) is 4.90 Å². The average Bonchev–Trinajstić information content (AvgIpc) is 2.55. The number of benzene rings is 1. The number of rotatable bonds is 6. The van der Waals surface area contributed by atoms with Crippen LogP contribution in [0.2, 0.25) is 0 Å². The van der Waals surface area contributed by atoms with Crippen molar-refractivity contribution in [2.45, 2.75) is 44.3 Å². The maximum atomic E-state index is 6.43. The Hall–Kier alpha value is -1.10. The lowest BCUT2D eigenvalue weighted by molar-refractivity contribution is 0.0233. The molecule has 0 aliphatic carbocycles. The van der Waals surface area contributed by atoms with Crippen LogP contribution in [0.1, 0.15) is 37.8 Å². The minimum atomic E-state index is 0.116. The Kier molecular flexibility index (Phi) is 6.03. The lowest BCUT2D eigenvalue weighted by atomic mass is 9.93. The van der Waals surface area contributed by atoms with Gasteiger partial charge in [-0.1, -0.05) is 19.1 Å². The molecule has 2 atom stereocenters. The molecule has 1 aliphatic rings. The Bertz CT molecular complexity index is 433. The second kappa shape index (κ2) is 7.78. The molecule has 0 amide bonds. The summed E-state index contributed by atoms with van der Waals surface area (Å²) >= 11 is 0. The van der Waals surface area contributed by atoms with Gasteiger partial charge in [-0.2, -0.15) is 0 Å². The van der Waals surface area contributed by atoms with Gasteiger partial charge < -0.3 is 15.2 Å². The second-order valence-corrected chi connectivity index (χ2v) is 5.80. The van der Waals surface area contributed by atoms with Crippen molar-refractivity contribution in [3.05, 3.63) is 29.8 Å². The van der Waals surface area contributed by atoms with Crippen molar-refractivity contribution in [3.63, 3.8) is 0 Å². The zero-order valence-electron chi connectivity index (χ0n) is 13.4. The third kappa shape index (κ3) is 3.96. The Labute approximate surface area is 128 Å². The van der Waals surface area contributed by atoms with Crippen molar-refractivity contribution >= 4 is 0 Å². The van der Waals surface area contributed by atoms with Crippen molar-refractivity contribution in [1.82, 2.24) is 4.90 Å². The van der Waals surface area contributed by atoms with E-state index in [1.165, 1.54) is 5.56 Å². The number of hydrogen-bond donors (Lipinski definition) is 1. The molecule has 1 aromatic carbocycles. The van der Waals surface area contributed by atoms with Gasteiger partial charge in [-0.15, -0.1) is 0 Å². The van der Waals surface area contributed by atoms with Gasteiger partial charge in [-0.25, -0.2) is 0 Å². The molecule has 2 N–H and O–H groups in total. The minimum Gasteiger partial charge on any atom is -0.497 e. The zero-order chi connectivity index (χ0) is 15.2. The Morgan fingerprint density at radius 1 is 1.38 bits per heavy atom. The molecule has 1 aliphatic heterocycles. The first-order valence-electron chi connectivity index (χ1n) is 7.86. The Balaban J connectivity index is 2.24. The number of hydrogen-bond acceptors (Lipinski definition) is 4. The fourth-order valence-corrected chi connectivity index (χ4v) is 3.15. The smallest absolute Gasteiger partial charge is 0.119 e. The third-order valence-corrected chi connectivity index (χ3v) is 4.52. The minimum absolute atomic E-state index is 0.116. The van der Waals surface area contributed by atoms with E-state index in [0.29, 0.717) is 6.04 Å². The third-order valence-electron chi connectivity index (χ3n) is 4.52. The highest BCUT2D eigenvalue weighted by Gasteiger charge is 2.29. The maximum Gasteiger partial charge on any atom is 0.119 e. The van der Waals surface area contributed by atoms with Crippen molar-refractivity contribution < 1.29 is 9.47 Å². The molecule has 0 saturated carbocycles. The van der Waals surface area contributed by atoms with Crippen molar-refractivity contribution in [1.29, 1.82) is 0 Å². The number of methoxy groups -OCH3 is 1. The highest BCUT2D eigenvalue weighted by molar-refractivity contribution is 5.31. The molecule has 2 unspecified atom stereocenters. The van der Waals surface area contributed by atoms with Gasteiger partial charge in [-0.05, 0) is 44.0 Å². The molecule has 1 heterocycles. The first-order chi connectivity index (χ1) is 10.2. The largest absolute Gasteiger partial charge is 0.497 e. The lowest BCUT2D eigenvalue weighted by Gasteiger charge is -2.40. The summed E-state index contributed by atoms with van der Waals surface area (Å²) < 4.78 is 10.8. The van der Waals surface area contributed by atoms with E-state index in [1.807, 2.05) is 12.1 Å². The molecule has 118 valence electrons. The first kappa shape index (κ1) is 16.3. The van der Waals surface area contributed by atoms with E-state index in [0.717, 1.165) is 38.2 Å². The van der Waals surface area contributed by atoms with Crippen LogP contribution in [0.3, 0.4) is 0 Å². The van der Waals surface area contributed by atoms with Gasteiger partial charge >= 0.3 is 0 Å². The fraction of sp³-hybridized carbons (Fsp3) is 0.647. The summed E-state index contributed by atoms with van der Waals surface area (Å²) in [6.07, 6.45) is 3.11. The van der Waals surface area contributed by atoms with Gasteiger partial charge in [0.05, 0.1) is 7.11 Å². The molecule has 2 rings (SSSR count). The van der Waals surface area contributed by atoms with Crippen LogP contribution in [0.25, 0.3) is 0 Å². The number of ether oxygens (including phenoxy) is 2. The predicted octanol–water partition coefficient (Wildman–Crippen LogP) is 2.58. The maximum absolute atomic E-state index is 6.43. The summed E-state index contributed by atoms with van der Waals surface area (Å²) in [6, 6.07) is 9.15. The molecule has 0 spiro atoms. The van der Waals surface area contributed by atoms with E-state index >= 15 is 0 Å². The van der Waals surface area contributed by atoms with Gasteiger partial charge in [0.15, 0.2) is 0 Å². The second-order valence-electron chi connectivity index (χ2n) is 5.80. The van der Waals surface area contributed by atoms with E-state index in [-0.39, 0.29) is 12.1 Å². The molecule has 0 radical (unpaired) electrons. The van der Waals surface area contributed by atoms with E-state index < -0.39 is 0 Å². The van der Waals surface area contributed by atoms with Crippen LogP contribution in [0, 0.1) is 0 Å². The van der Waals surface area contributed by atoms with Crippen LogP contribution in [-0.4, -0.2) is 44.4 Å². The molecule has 1 fully saturated rings. The summed E-state index contributed by atoms with van der Waals surface area (Å²) in [4.78, 5) is 2.44. The number of nitrogens with zero attached hydrogens (tertiary/aromatic N) is 1. The molecule has 4 heteroatoms. The molecule has 4 nitrogen and oxygen atoms in total. The lowest BCUT2D eigenvalue weighted by Crippen LogP contribution is -2.45. The monoisotopic (exact) mass is 292 g/mol. The quantitative estimate of drug-likeness (QED) is 0.875. The highest BCUT2D eigenvalue weighted by Crippen LogP contribution is 2.30. The van der Waals surface area contributed by atoms with Crippen LogP contribution < -0.4 is 10.5 Å². The average molecular weight is 292 g/mol.